The number of carboxylic acids is 1. The van der Waals surface area contributed by atoms with Crippen LogP contribution in [0.2, 0.25) is 0 Å². The van der Waals surface area contributed by atoms with E-state index in [1.807, 2.05) is 24.3 Å². The molecule has 0 fully saturated rings. The number of carbonyl (C=O) groups excluding carboxylic acids is 1. The van der Waals surface area contributed by atoms with Gasteiger partial charge in [-0.15, -0.1) is 0 Å². The number of hydrogen-bond donors (Lipinski definition) is 1. The molecular weight excluding hydrogens is 420 g/mol. The number of Topliss-reactive ketones (excluding diaryl/α,β-unsaturated/α-hetero) is 1. The molecule has 3 rings (SSSR count). The van der Waals surface area contributed by atoms with Crippen molar-refractivity contribution in [2.45, 2.75) is 90.4 Å². The van der Waals surface area contributed by atoms with Crippen LogP contribution in [-0.2, 0) is 4.79 Å². The Kier molecular flexibility index (Phi) is 10.6. The van der Waals surface area contributed by atoms with Crippen molar-refractivity contribution in [2.24, 2.45) is 5.92 Å². The third-order valence-electron chi connectivity index (χ3n) is 6.95. The van der Waals surface area contributed by atoms with Crippen LogP contribution in [0.15, 0.2) is 54.6 Å². The van der Waals surface area contributed by atoms with Gasteiger partial charge in [-0.3, -0.25) is 9.59 Å². The Bertz CT molecular complexity index is 1070. The van der Waals surface area contributed by atoms with Gasteiger partial charge in [0.25, 0.3) is 0 Å². The molecule has 0 heterocycles. The second-order valence-electron chi connectivity index (χ2n) is 9.69. The summed E-state index contributed by atoms with van der Waals surface area (Å²) in [6, 6.07) is 17.9. The first-order valence-corrected chi connectivity index (χ1v) is 13.3. The number of carboxylic acid groups (broad SMARTS) is 1. The molecule has 3 nitrogen and oxygen atoms in total. The normalized spacial score (nSPS) is 12.3. The lowest BCUT2D eigenvalue weighted by Crippen LogP contribution is -2.24. The van der Waals surface area contributed by atoms with E-state index in [9.17, 15) is 14.7 Å². The molecule has 3 heteroatoms. The van der Waals surface area contributed by atoms with Crippen LogP contribution in [-0.4, -0.2) is 16.9 Å². The van der Waals surface area contributed by atoms with Gasteiger partial charge in [0.15, 0.2) is 5.78 Å². The summed E-state index contributed by atoms with van der Waals surface area (Å²) in [5.41, 5.74) is 0.495. The zero-order valence-corrected chi connectivity index (χ0v) is 20.7. The maximum absolute atomic E-state index is 13.0. The van der Waals surface area contributed by atoms with Crippen LogP contribution in [0, 0.1) is 5.92 Å². The minimum Gasteiger partial charge on any atom is -0.481 e. The van der Waals surface area contributed by atoms with Crippen LogP contribution < -0.4 is 0 Å². The summed E-state index contributed by atoms with van der Waals surface area (Å²) in [7, 11) is 0. The van der Waals surface area contributed by atoms with Crippen LogP contribution in [0.1, 0.15) is 101 Å². The number of benzene rings is 3. The molecule has 0 aromatic heterocycles. The van der Waals surface area contributed by atoms with E-state index >= 15 is 0 Å². The second kappa shape index (κ2) is 13.9. The van der Waals surface area contributed by atoms with Crippen molar-refractivity contribution in [3.8, 4) is 0 Å². The molecule has 0 saturated carbocycles. The van der Waals surface area contributed by atoms with Crippen LogP contribution in [0.25, 0.3) is 21.5 Å². The molecule has 1 unspecified atom stereocenters. The largest absolute Gasteiger partial charge is 0.481 e. The second-order valence-corrected chi connectivity index (χ2v) is 9.69. The molecule has 1 N–H and O–H groups in total. The molecule has 0 bridgehead atoms. The third kappa shape index (κ3) is 7.68. The average Bonchev–Trinajstić information content (AvgIpc) is 2.84. The van der Waals surface area contributed by atoms with Crippen molar-refractivity contribution in [2.75, 3.05) is 0 Å². The fourth-order valence-corrected chi connectivity index (χ4v) is 4.85. The molecule has 1 atom stereocenters. The van der Waals surface area contributed by atoms with Crippen LogP contribution in [0.3, 0.4) is 0 Å². The monoisotopic (exact) mass is 460 g/mol. The Morgan fingerprint density at radius 2 is 1.15 bits per heavy atom. The fraction of sp³-hybridized carbons (Fsp3) is 0.484. The van der Waals surface area contributed by atoms with E-state index in [0.29, 0.717) is 12.0 Å². The summed E-state index contributed by atoms with van der Waals surface area (Å²) in [5.74, 6) is -2.24. The average molecular weight is 461 g/mol. The molecular formula is C31H40O3. The molecule has 3 aromatic carbocycles. The summed E-state index contributed by atoms with van der Waals surface area (Å²) >= 11 is 0. The summed E-state index contributed by atoms with van der Waals surface area (Å²) in [6.07, 6.45) is 15.2. The Balaban J connectivity index is 1.45. The van der Waals surface area contributed by atoms with E-state index in [4.69, 9.17) is 0 Å². The van der Waals surface area contributed by atoms with Crippen LogP contribution >= 0.6 is 0 Å². The Morgan fingerprint density at radius 3 is 1.71 bits per heavy atom. The van der Waals surface area contributed by atoms with Crippen molar-refractivity contribution < 1.29 is 14.7 Å². The standard InChI is InChI=1S/C31H40O3/c1-2-3-4-5-6-7-8-9-10-11-12-13-18-29(31(33)34)30(32)27-20-19-26-21-24-16-14-15-17-25(24)22-28(26)23-27/h14-17,19-23,29H,2-13,18H2,1H3,(H,33,34). The highest BCUT2D eigenvalue weighted by molar-refractivity contribution is 6.10. The minimum absolute atomic E-state index is 0.273. The summed E-state index contributed by atoms with van der Waals surface area (Å²) in [5, 5.41) is 14.0. The zero-order chi connectivity index (χ0) is 24.2. The smallest absolute Gasteiger partial charge is 0.314 e. The summed E-state index contributed by atoms with van der Waals surface area (Å²) < 4.78 is 0. The Morgan fingerprint density at radius 1 is 0.647 bits per heavy atom. The lowest BCUT2D eigenvalue weighted by atomic mass is 9.90. The molecule has 0 aliphatic carbocycles. The van der Waals surface area contributed by atoms with Crippen molar-refractivity contribution in [1.82, 2.24) is 0 Å². The number of rotatable bonds is 16. The van der Waals surface area contributed by atoms with E-state index < -0.39 is 11.9 Å². The van der Waals surface area contributed by atoms with E-state index in [0.717, 1.165) is 40.8 Å². The first-order valence-electron chi connectivity index (χ1n) is 13.3. The molecule has 0 aliphatic rings. The molecule has 182 valence electrons. The molecule has 34 heavy (non-hydrogen) atoms. The molecule has 3 aromatic rings. The number of aliphatic carboxylic acids is 1. The molecule has 0 radical (unpaired) electrons. The predicted octanol–water partition coefficient (Wildman–Crippen LogP) is 8.97. The third-order valence-corrected chi connectivity index (χ3v) is 6.95. The lowest BCUT2D eigenvalue weighted by molar-refractivity contribution is -0.140. The van der Waals surface area contributed by atoms with Crippen LogP contribution in [0.4, 0.5) is 0 Å². The van der Waals surface area contributed by atoms with Gasteiger partial charge in [-0.1, -0.05) is 120 Å². The van der Waals surface area contributed by atoms with Gasteiger partial charge in [0.1, 0.15) is 5.92 Å². The first kappa shape index (κ1) is 25.9. The van der Waals surface area contributed by atoms with Crippen molar-refractivity contribution in [3.05, 3.63) is 60.2 Å². The first-order chi connectivity index (χ1) is 16.6. The molecule has 0 amide bonds. The topological polar surface area (TPSA) is 54.4 Å². The summed E-state index contributed by atoms with van der Waals surface area (Å²) in [6.45, 7) is 2.25. The Hall–Kier alpha value is -2.68. The van der Waals surface area contributed by atoms with E-state index in [1.54, 1.807) is 6.07 Å². The van der Waals surface area contributed by atoms with Gasteiger partial charge in [0.05, 0.1) is 0 Å². The summed E-state index contributed by atoms with van der Waals surface area (Å²) in [4.78, 5) is 24.9. The molecule has 0 spiro atoms. The van der Waals surface area contributed by atoms with E-state index in [2.05, 4.69) is 31.2 Å². The van der Waals surface area contributed by atoms with Gasteiger partial charge >= 0.3 is 5.97 Å². The quantitative estimate of drug-likeness (QED) is 0.100. The fourth-order valence-electron chi connectivity index (χ4n) is 4.85. The minimum atomic E-state index is -1.01. The predicted molar refractivity (Wildman–Crippen MR) is 143 cm³/mol. The lowest BCUT2D eigenvalue weighted by Gasteiger charge is -2.12. The maximum Gasteiger partial charge on any atom is 0.314 e. The maximum atomic E-state index is 13.0. The van der Waals surface area contributed by atoms with E-state index in [1.165, 1.54) is 57.8 Å². The van der Waals surface area contributed by atoms with Gasteiger partial charge in [-0.05, 0) is 46.2 Å². The highest BCUT2D eigenvalue weighted by Gasteiger charge is 2.26. The van der Waals surface area contributed by atoms with Crippen molar-refractivity contribution >= 4 is 33.3 Å². The van der Waals surface area contributed by atoms with Crippen molar-refractivity contribution in [1.29, 1.82) is 0 Å². The van der Waals surface area contributed by atoms with Crippen LogP contribution in [0.5, 0.6) is 0 Å². The zero-order valence-electron chi connectivity index (χ0n) is 20.7. The van der Waals surface area contributed by atoms with Gasteiger partial charge in [-0.2, -0.15) is 0 Å². The van der Waals surface area contributed by atoms with Gasteiger partial charge < -0.3 is 5.11 Å². The molecule has 0 saturated heterocycles. The number of unbranched alkanes of at least 4 members (excludes halogenated alkanes) is 11. The number of fused-ring (bicyclic) bond motifs is 2. The SMILES string of the molecule is CCCCCCCCCCCCCCC(C(=O)O)C(=O)c1ccc2cc3ccccc3cc2c1. The highest BCUT2D eigenvalue weighted by atomic mass is 16.4. The van der Waals surface area contributed by atoms with Gasteiger partial charge in [0.2, 0.25) is 0 Å². The number of hydrogen-bond acceptors (Lipinski definition) is 2. The van der Waals surface area contributed by atoms with E-state index in [-0.39, 0.29) is 5.78 Å². The molecule has 0 aliphatic heterocycles. The number of ketones is 1. The Labute approximate surface area is 204 Å². The van der Waals surface area contributed by atoms with Crippen molar-refractivity contribution in [3.63, 3.8) is 0 Å². The highest BCUT2D eigenvalue weighted by Crippen LogP contribution is 2.26. The van der Waals surface area contributed by atoms with Gasteiger partial charge in [-0.25, -0.2) is 0 Å². The number of carbonyl (C=O) groups is 2. The van der Waals surface area contributed by atoms with Gasteiger partial charge in [0, 0.05) is 5.56 Å².